The second-order valence-electron chi connectivity index (χ2n) is 6.04. The number of nitrogens with zero attached hydrogens (tertiary/aromatic N) is 1. The van der Waals surface area contributed by atoms with Crippen LogP contribution in [-0.2, 0) is 9.59 Å². The number of benzene rings is 2. The Labute approximate surface area is 161 Å². The van der Waals surface area contributed by atoms with Crippen molar-refractivity contribution < 1.29 is 24.0 Å². The fourth-order valence-electron chi connectivity index (χ4n) is 2.20. The number of aryl methyl sites for hydroxylation is 1. The first-order valence-corrected chi connectivity index (χ1v) is 8.46. The van der Waals surface area contributed by atoms with E-state index in [0.717, 1.165) is 11.1 Å². The molecule has 2 amide bonds. The van der Waals surface area contributed by atoms with E-state index in [2.05, 4.69) is 10.9 Å². The van der Waals surface area contributed by atoms with Crippen molar-refractivity contribution in [2.75, 3.05) is 6.61 Å². The molecule has 0 bridgehead atoms. The Balaban J connectivity index is 1.78. The molecule has 0 aromatic heterocycles. The van der Waals surface area contributed by atoms with E-state index in [1.807, 2.05) is 26.0 Å². The molecule has 148 valence electrons. The molecule has 2 aromatic carbocycles. The largest absolute Gasteiger partial charge is 0.483 e. The Morgan fingerprint density at radius 1 is 1.11 bits per heavy atom. The number of amides is 2. The maximum atomic E-state index is 12.0. The van der Waals surface area contributed by atoms with Crippen molar-refractivity contribution in [2.45, 2.75) is 26.9 Å². The minimum Gasteiger partial charge on any atom is -0.483 e. The molecule has 0 saturated heterocycles. The van der Waals surface area contributed by atoms with Gasteiger partial charge in [0, 0.05) is 12.1 Å². The summed E-state index contributed by atoms with van der Waals surface area (Å²) in [5.41, 5.74) is 6.38. The minimum atomic E-state index is -0.929. The number of carbonyl (C=O) groups excluding carboxylic acids is 2. The molecule has 0 radical (unpaired) electrons. The number of rotatable bonds is 7. The zero-order valence-electron chi connectivity index (χ0n) is 15.7. The van der Waals surface area contributed by atoms with Gasteiger partial charge in [-0.05, 0) is 50.1 Å². The van der Waals surface area contributed by atoms with Crippen molar-refractivity contribution in [1.29, 1.82) is 0 Å². The van der Waals surface area contributed by atoms with Crippen LogP contribution in [0.2, 0.25) is 0 Å². The smallest absolute Gasteiger partial charge is 0.279 e. The van der Waals surface area contributed by atoms with Crippen LogP contribution in [0.3, 0.4) is 0 Å². The number of hydrogen-bond acceptors (Lipinski definition) is 6. The third kappa shape index (κ3) is 5.70. The summed E-state index contributed by atoms with van der Waals surface area (Å²) in [7, 11) is 0. The van der Waals surface area contributed by atoms with Crippen LogP contribution >= 0.6 is 0 Å². The van der Waals surface area contributed by atoms with Crippen molar-refractivity contribution in [2.24, 2.45) is 0 Å². The highest BCUT2D eigenvalue weighted by atomic mass is 16.6. The van der Waals surface area contributed by atoms with Gasteiger partial charge in [0.05, 0.1) is 4.92 Å². The number of nitro benzene ring substituents is 1. The second kappa shape index (κ2) is 9.36. The minimum absolute atomic E-state index is 0.0828. The van der Waals surface area contributed by atoms with Crippen LogP contribution < -0.4 is 20.3 Å². The average molecular weight is 387 g/mol. The Bertz CT molecular complexity index is 866. The predicted molar refractivity (Wildman–Crippen MR) is 101 cm³/mol. The van der Waals surface area contributed by atoms with Gasteiger partial charge in [0.1, 0.15) is 11.5 Å². The molecule has 0 aliphatic heterocycles. The van der Waals surface area contributed by atoms with E-state index < -0.39 is 22.8 Å². The van der Waals surface area contributed by atoms with Gasteiger partial charge >= 0.3 is 0 Å². The second-order valence-corrected chi connectivity index (χ2v) is 6.04. The molecule has 0 fully saturated rings. The zero-order chi connectivity index (χ0) is 20.7. The van der Waals surface area contributed by atoms with Crippen LogP contribution in [0, 0.1) is 24.0 Å². The summed E-state index contributed by atoms with van der Waals surface area (Å²) in [6.07, 6.45) is -0.929. The lowest BCUT2D eigenvalue weighted by Crippen LogP contribution is -2.48. The Kier molecular flexibility index (Phi) is 6.91. The molecule has 2 aromatic rings. The summed E-state index contributed by atoms with van der Waals surface area (Å²) in [5.74, 6) is -0.232. The summed E-state index contributed by atoms with van der Waals surface area (Å²) in [4.78, 5) is 33.9. The third-order valence-electron chi connectivity index (χ3n) is 3.97. The van der Waals surface area contributed by atoms with Gasteiger partial charge in [-0.1, -0.05) is 12.1 Å². The van der Waals surface area contributed by atoms with Gasteiger partial charge in [-0.2, -0.15) is 0 Å². The average Bonchev–Trinajstić information content (AvgIpc) is 2.67. The van der Waals surface area contributed by atoms with Crippen molar-refractivity contribution in [1.82, 2.24) is 10.9 Å². The van der Waals surface area contributed by atoms with Gasteiger partial charge in [0.25, 0.3) is 17.5 Å². The topological polar surface area (TPSA) is 120 Å². The number of nitrogens with one attached hydrogen (secondary N) is 2. The van der Waals surface area contributed by atoms with E-state index in [1.165, 1.54) is 31.2 Å². The van der Waals surface area contributed by atoms with Gasteiger partial charge in [0.2, 0.25) is 0 Å². The van der Waals surface area contributed by atoms with Crippen LogP contribution in [0.15, 0.2) is 42.5 Å². The summed E-state index contributed by atoms with van der Waals surface area (Å²) in [6.45, 7) is 5.05. The molecule has 0 spiro atoms. The van der Waals surface area contributed by atoms with Gasteiger partial charge in [-0.25, -0.2) is 0 Å². The van der Waals surface area contributed by atoms with E-state index in [4.69, 9.17) is 9.47 Å². The first kappa shape index (κ1) is 20.7. The number of non-ortho nitro benzene ring substituents is 1. The molecule has 1 unspecified atom stereocenters. The summed E-state index contributed by atoms with van der Waals surface area (Å²) in [6, 6.07) is 10.8. The first-order chi connectivity index (χ1) is 13.3. The lowest BCUT2D eigenvalue weighted by atomic mass is 10.1. The van der Waals surface area contributed by atoms with Crippen LogP contribution in [-0.4, -0.2) is 29.4 Å². The standard InChI is InChI=1S/C19H21N3O6/c1-12-5-4-6-17(13(12)2)27-11-18(23)20-21-19(24)14(3)28-16-9-7-15(8-10-16)22(25)26/h4-10,14H,11H2,1-3H3,(H,20,23)(H,21,24). The molecule has 1 atom stereocenters. The van der Waals surface area contributed by atoms with E-state index in [0.29, 0.717) is 5.75 Å². The third-order valence-corrected chi connectivity index (χ3v) is 3.97. The highest BCUT2D eigenvalue weighted by molar-refractivity contribution is 5.85. The predicted octanol–water partition coefficient (Wildman–Crippen LogP) is 2.21. The molecule has 2 N–H and O–H groups in total. The number of hydrogen-bond donors (Lipinski definition) is 2. The van der Waals surface area contributed by atoms with Crippen molar-refractivity contribution in [3.8, 4) is 11.5 Å². The van der Waals surface area contributed by atoms with E-state index in [9.17, 15) is 19.7 Å². The van der Waals surface area contributed by atoms with Crippen LogP contribution in [0.5, 0.6) is 11.5 Å². The normalized spacial score (nSPS) is 11.2. The quantitative estimate of drug-likeness (QED) is 0.555. The van der Waals surface area contributed by atoms with Crippen molar-refractivity contribution in [3.05, 3.63) is 63.7 Å². The Morgan fingerprint density at radius 2 is 1.79 bits per heavy atom. The van der Waals surface area contributed by atoms with Crippen LogP contribution in [0.25, 0.3) is 0 Å². The molecular formula is C19H21N3O6. The lowest BCUT2D eigenvalue weighted by molar-refractivity contribution is -0.384. The maximum Gasteiger partial charge on any atom is 0.279 e. The molecule has 0 saturated carbocycles. The Morgan fingerprint density at radius 3 is 2.43 bits per heavy atom. The lowest BCUT2D eigenvalue weighted by Gasteiger charge is -2.15. The highest BCUT2D eigenvalue weighted by Gasteiger charge is 2.16. The van der Waals surface area contributed by atoms with Crippen LogP contribution in [0.4, 0.5) is 5.69 Å². The molecule has 2 rings (SSSR count). The Hall–Kier alpha value is -3.62. The SMILES string of the molecule is Cc1cccc(OCC(=O)NNC(=O)C(C)Oc2ccc([N+](=O)[O-])cc2)c1C. The fourth-order valence-corrected chi connectivity index (χ4v) is 2.20. The summed E-state index contributed by atoms with van der Waals surface area (Å²) < 4.78 is 10.8. The van der Waals surface area contributed by atoms with E-state index >= 15 is 0 Å². The number of ether oxygens (including phenoxy) is 2. The van der Waals surface area contributed by atoms with Gasteiger partial charge in [-0.3, -0.25) is 30.6 Å². The van der Waals surface area contributed by atoms with Gasteiger partial charge in [0.15, 0.2) is 12.7 Å². The van der Waals surface area contributed by atoms with Crippen molar-refractivity contribution in [3.63, 3.8) is 0 Å². The van der Waals surface area contributed by atoms with Crippen LogP contribution in [0.1, 0.15) is 18.1 Å². The molecule has 28 heavy (non-hydrogen) atoms. The van der Waals surface area contributed by atoms with E-state index in [1.54, 1.807) is 6.07 Å². The molecule has 9 heteroatoms. The zero-order valence-corrected chi connectivity index (χ0v) is 15.7. The van der Waals surface area contributed by atoms with Gasteiger partial charge < -0.3 is 9.47 Å². The maximum absolute atomic E-state index is 12.0. The molecule has 0 aliphatic rings. The fraction of sp³-hybridized carbons (Fsp3) is 0.263. The number of carbonyl (C=O) groups is 2. The molecular weight excluding hydrogens is 366 g/mol. The molecule has 0 aliphatic carbocycles. The first-order valence-electron chi connectivity index (χ1n) is 8.46. The highest BCUT2D eigenvalue weighted by Crippen LogP contribution is 2.20. The summed E-state index contributed by atoms with van der Waals surface area (Å²) >= 11 is 0. The van der Waals surface area contributed by atoms with Gasteiger partial charge in [-0.15, -0.1) is 0 Å². The van der Waals surface area contributed by atoms with Crippen molar-refractivity contribution >= 4 is 17.5 Å². The summed E-state index contributed by atoms with van der Waals surface area (Å²) in [5, 5.41) is 10.6. The number of nitro groups is 1. The monoisotopic (exact) mass is 387 g/mol. The number of hydrazine groups is 1. The van der Waals surface area contributed by atoms with E-state index in [-0.39, 0.29) is 18.0 Å². The molecule has 9 nitrogen and oxygen atoms in total. The molecule has 0 heterocycles.